The molecule has 1 N–H and O–H groups in total. The van der Waals surface area contributed by atoms with Crippen molar-refractivity contribution in [3.63, 3.8) is 0 Å². The average molecular weight is 481 g/mol. The second-order valence-corrected chi connectivity index (χ2v) is 8.69. The highest BCUT2D eigenvalue weighted by Crippen LogP contribution is 2.32. The average Bonchev–Trinajstić information content (AvgIpc) is 2.76. The maximum atomic E-state index is 12.2. The van der Waals surface area contributed by atoms with E-state index in [-0.39, 0.29) is 5.56 Å². The number of fused-ring (bicyclic) bond motifs is 2. The number of hydrogen-bond donors (Lipinski definition) is 1. The van der Waals surface area contributed by atoms with Gasteiger partial charge in [0, 0.05) is 32.1 Å². The summed E-state index contributed by atoms with van der Waals surface area (Å²) in [6, 6.07) is 13.3. The van der Waals surface area contributed by atoms with Crippen molar-refractivity contribution in [2.45, 2.75) is 26.8 Å². The highest BCUT2D eigenvalue weighted by molar-refractivity contribution is 9.10. The van der Waals surface area contributed by atoms with Crippen LogP contribution in [0.25, 0.3) is 22.6 Å². The van der Waals surface area contributed by atoms with Gasteiger partial charge in [-0.05, 0) is 43.7 Å². The van der Waals surface area contributed by atoms with Crippen LogP contribution in [0.2, 0.25) is 0 Å². The van der Waals surface area contributed by atoms with Crippen LogP contribution in [-0.4, -0.2) is 30.6 Å². The SMILES string of the molecule is CCCOc1ccc(Br)cc1/C=C1\C[NH+](CC)Cc2c1nc1ccccc1c2C(=O)[O-]. The summed E-state index contributed by atoms with van der Waals surface area (Å²) in [6.45, 7) is 7.09. The van der Waals surface area contributed by atoms with Gasteiger partial charge in [0.1, 0.15) is 18.8 Å². The van der Waals surface area contributed by atoms with Crippen molar-refractivity contribution in [1.82, 2.24) is 4.98 Å². The zero-order chi connectivity index (χ0) is 22.0. The number of rotatable bonds is 6. The Hall–Kier alpha value is -2.70. The third kappa shape index (κ3) is 4.36. The number of aromatic carboxylic acids is 1. The Morgan fingerprint density at radius 1 is 1.23 bits per heavy atom. The Kier molecular flexibility index (Phi) is 6.39. The predicted molar refractivity (Wildman–Crippen MR) is 124 cm³/mol. The number of carbonyl (C=O) groups is 1. The number of nitrogens with one attached hydrogen (secondary N) is 1. The van der Waals surface area contributed by atoms with Crippen molar-refractivity contribution in [3.8, 4) is 5.75 Å². The number of para-hydroxylation sites is 1. The number of carboxylic acids is 1. The summed E-state index contributed by atoms with van der Waals surface area (Å²) < 4.78 is 6.92. The van der Waals surface area contributed by atoms with Crippen molar-refractivity contribution < 1.29 is 19.5 Å². The molecule has 0 spiro atoms. The van der Waals surface area contributed by atoms with Crippen molar-refractivity contribution in [2.75, 3.05) is 19.7 Å². The number of halogens is 1. The van der Waals surface area contributed by atoms with Gasteiger partial charge in [0.25, 0.3) is 0 Å². The summed E-state index contributed by atoms with van der Waals surface area (Å²) in [7, 11) is 0. The van der Waals surface area contributed by atoms with Crippen molar-refractivity contribution >= 4 is 44.5 Å². The topological polar surface area (TPSA) is 66.7 Å². The molecule has 6 heteroatoms. The molecule has 1 atom stereocenters. The number of ether oxygens (including phenoxy) is 1. The Bertz CT molecular complexity index is 1170. The minimum absolute atomic E-state index is 0.258. The van der Waals surface area contributed by atoms with E-state index in [9.17, 15) is 9.90 Å². The van der Waals surface area contributed by atoms with Gasteiger partial charge >= 0.3 is 0 Å². The summed E-state index contributed by atoms with van der Waals surface area (Å²) in [4.78, 5) is 18.3. The lowest BCUT2D eigenvalue weighted by Crippen LogP contribution is -3.11. The maximum absolute atomic E-state index is 12.2. The fourth-order valence-corrected chi connectivity index (χ4v) is 4.50. The predicted octanol–water partition coefficient (Wildman–Crippen LogP) is 3.11. The van der Waals surface area contributed by atoms with E-state index in [1.807, 2.05) is 42.5 Å². The van der Waals surface area contributed by atoms with Gasteiger partial charge in [-0.15, -0.1) is 0 Å². The Labute approximate surface area is 190 Å². The van der Waals surface area contributed by atoms with E-state index in [1.54, 1.807) is 0 Å². The van der Waals surface area contributed by atoms with E-state index >= 15 is 0 Å². The minimum atomic E-state index is -1.15. The first-order chi connectivity index (χ1) is 15.0. The number of aromatic nitrogens is 1. The normalized spacial score (nSPS) is 17.0. The first-order valence-electron chi connectivity index (χ1n) is 10.6. The van der Waals surface area contributed by atoms with Crippen LogP contribution in [0, 0.1) is 0 Å². The molecule has 31 heavy (non-hydrogen) atoms. The molecule has 5 nitrogen and oxygen atoms in total. The molecule has 0 bridgehead atoms. The second kappa shape index (κ2) is 9.20. The smallest absolute Gasteiger partial charge is 0.126 e. The fraction of sp³-hybridized carbons (Fsp3) is 0.280. The van der Waals surface area contributed by atoms with Gasteiger partial charge in [0.2, 0.25) is 0 Å². The molecule has 3 aromatic rings. The monoisotopic (exact) mass is 480 g/mol. The molecule has 1 aliphatic rings. The van der Waals surface area contributed by atoms with Crippen molar-refractivity contribution in [3.05, 3.63) is 69.3 Å². The lowest BCUT2D eigenvalue weighted by atomic mass is 9.92. The van der Waals surface area contributed by atoms with E-state index in [4.69, 9.17) is 9.72 Å². The molecule has 1 unspecified atom stereocenters. The van der Waals surface area contributed by atoms with E-state index in [2.05, 4.69) is 35.9 Å². The third-order valence-corrected chi connectivity index (χ3v) is 6.13. The zero-order valence-corrected chi connectivity index (χ0v) is 19.3. The van der Waals surface area contributed by atoms with Crippen molar-refractivity contribution in [1.29, 1.82) is 0 Å². The fourth-order valence-electron chi connectivity index (χ4n) is 4.12. The van der Waals surface area contributed by atoms with Crippen LogP contribution >= 0.6 is 15.9 Å². The van der Waals surface area contributed by atoms with Crippen LogP contribution in [0.15, 0.2) is 46.9 Å². The molecular formula is C25H25BrN2O3. The molecule has 0 saturated heterocycles. The molecule has 1 aliphatic heterocycles. The number of benzene rings is 2. The first kappa shape index (κ1) is 21.5. The summed E-state index contributed by atoms with van der Waals surface area (Å²) in [5.41, 5.74) is 4.38. The quantitative estimate of drug-likeness (QED) is 0.588. The van der Waals surface area contributed by atoms with Crippen LogP contribution in [0.1, 0.15) is 47.4 Å². The van der Waals surface area contributed by atoms with Crippen molar-refractivity contribution in [2.24, 2.45) is 0 Å². The summed E-state index contributed by atoms with van der Waals surface area (Å²) in [5, 5.41) is 12.8. The van der Waals surface area contributed by atoms with Gasteiger partial charge in [0.15, 0.2) is 0 Å². The molecule has 2 heterocycles. The number of hydrogen-bond acceptors (Lipinski definition) is 4. The van der Waals surface area contributed by atoms with Crippen LogP contribution in [0.3, 0.4) is 0 Å². The number of carbonyl (C=O) groups excluding carboxylic acids is 1. The first-order valence-corrected chi connectivity index (χ1v) is 11.4. The number of likely N-dealkylation sites (N-methyl/N-ethyl adjacent to an activating group) is 1. The summed E-state index contributed by atoms with van der Waals surface area (Å²) in [5.74, 6) is -0.343. The highest BCUT2D eigenvalue weighted by Gasteiger charge is 2.28. The molecule has 4 rings (SSSR count). The van der Waals surface area contributed by atoms with Gasteiger partial charge in [-0.1, -0.05) is 41.1 Å². The number of quaternary nitrogens is 1. The van der Waals surface area contributed by atoms with E-state index in [0.717, 1.165) is 52.1 Å². The number of pyridine rings is 1. The van der Waals surface area contributed by atoms with E-state index in [0.29, 0.717) is 24.1 Å². The molecule has 0 amide bonds. The highest BCUT2D eigenvalue weighted by atomic mass is 79.9. The summed E-state index contributed by atoms with van der Waals surface area (Å²) in [6.07, 6.45) is 3.01. The Morgan fingerprint density at radius 3 is 2.77 bits per heavy atom. The number of nitrogens with zero attached hydrogens (tertiary/aromatic N) is 1. The third-order valence-electron chi connectivity index (χ3n) is 5.63. The lowest BCUT2D eigenvalue weighted by Gasteiger charge is -2.29. The lowest BCUT2D eigenvalue weighted by molar-refractivity contribution is -0.905. The molecule has 0 aliphatic carbocycles. The molecule has 0 fully saturated rings. The van der Waals surface area contributed by atoms with Crippen LogP contribution in [-0.2, 0) is 6.54 Å². The van der Waals surface area contributed by atoms with Gasteiger partial charge in [-0.3, -0.25) is 0 Å². The Morgan fingerprint density at radius 2 is 2.03 bits per heavy atom. The van der Waals surface area contributed by atoms with Crippen LogP contribution < -0.4 is 14.7 Å². The van der Waals surface area contributed by atoms with Crippen LogP contribution in [0.5, 0.6) is 5.75 Å². The standard InChI is InChI=1S/C25H25BrN2O3/c1-3-11-31-22-10-9-18(26)13-16(22)12-17-14-28(4-2)15-20-23(25(29)30)19-7-5-6-8-21(19)27-24(17)20/h5-10,12-13H,3-4,11,14-15H2,1-2H3,(H,29,30)/b17-12+. The molecule has 160 valence electrons. The Balaban J connectivity index is 1.94. The van der Waals surface area contributed by atoms with E-state index in [1.165, 1.54) is 4.90 Å². The molecule has 2 aromatic carbocycles. The van der Waals surface area contributed by atoms with E-state index < -0.39 is 5.97 Å². The largest absolute Gasteiger partial charge is 0.545 e. The molecule has 0 radical (unpaired) electrons. The van der Waals surface area contributed by atoms with Gasteiger partial charge in [-0.2, -0.15) is 0 Å². The van der Waals surface area contributed by atoms with Gasteiger partial charge in [0.05, 0.1) is 30.3 Å². The minimum Gasteiger partial charge on any atom is -0.545 e. The number of carboxylic acid groups (broad SMARTS) is 1. The maximum Gasteiger partial charge on any atom is 0.126 e. The molecule has 0 saturated carbocycles. The molecular weight excluding hydrogens is 456 g/mol. The summed E-state index contributed by atoms with van der Waals surface area (Å²) >= 11 is 3.56. The zero-order valence-electron chi connectivity index (χ0n) is 17.7. The van der Waals surface area contributed by atoms with Crippen LogP contribution in [0.4, 0.5) is 0 Å². The second-order valence-electron chi connectivity index (χ2n) is 7.78. The van der Waals surface area contributed by atoms with Gasteiger partial charge < -0.3 is 19.5 Å². The van der Waals surface area contributed by atoms with Gasteiger partial charge in [-0.25, -0.2) is 4.98 Å². The molecule has 1 aromatic heterocycles.